The molecule has 2 aromatic heterocycles. The Morgan fingerprint density at radius 3 is 1.95 bits per heavy atom. The topological polar surface area (TPSA) is 21.5 Å². The molecule has 0 fully saturated rings. The van der Waals surface area contributed by atoms with E-state index in [1.807, 2.05) is 46.9 Å². The van der Waals surface area contributed by atoms with Crippen LogP contribution in [0.1, 0.15) is 0 Å². The molecule has 0 unspecified atom stereocenters. The Hall–Kier alpha value is -2.87. The Bertz CT molecular complexity index is 1200. The molecule has 0 atom stereocenters. The van der Waals surface area contributed by atoms with Gasteiger partial charge in [0, 0.05) is 21.5 Å². The SMILES string of the molecule is O=c1c2ccccc2c2cccc3c4ccccc4n1c23. The van der Waals surface area contributed by atoms with E-state index in [1.54, 1.807) is 0 Å². The number of nitrogens with zero attached hydrogens (tertiary/aromatic N) is 1. The number of aromatic nitrogens is 1. The van der Waals surface area contributed by atoms with E-state index in [1.165, 1.54) is 0 Å². The molecule has 0 N–H and O–H groups in total. The highest BCUT2D eigenvalue weighted by Gasteiger charge is 2.15. The Labute approximate surface area is 120 Å². The summed E-state index contributed by atoms with van der Waals surface area (Å²) in [6.45, 7) is 0. The first-order chi connectivity index (χ1) is 10.4. The summed E-state index contributed by atoms with van der Waals surface area (Å²) in [5.74, 6) is 0. The van der Waals surface area contributed by atoms with Crippen molar-refractivity contribution >= 4 is 38.0 Å². The largest absolute Gasteiger partial charge is 0.275 e. The lowest BCUT2D eigenvalue weighted by atomic mass is 10.0. The van der Waals surface area contributed by atoms with Gasteiger partial charge < -0.3 is 0 Å². The lowest BCUT2D eigenvalue weighted by molar-refractivity contribution is 1.21. The van der Waals surface area contributed by atoms with E-state index < -0.39 is 0 Å². The minimum atomic E-state index is 0.0653. The Kier molecular flexibility index (Phi) is 1.87. The molecule has 0 saturated heterocycles. The molecule has 21 heavy (non-hydrogen) atoms. The first-order valence-corrected chi connectivity index (χ1v) is 7.02. The molecule has 3 aromatic carbocycles. The fraction of sp³-hybridized carbons (Fsp3) is 0. The van der Waals surface area contributed by atoms with Crippen molar-refractivity contribution in [3.8, 4) is 0 Å². The van der Waals surface area contributed by atoms with Gasteiger partial charge in [-0.25, -0.2) is 0 Å². The molecule has 0 aliphatic rings. The van der Waals surface area contributed by atoms with Gasteiger partial charge in [-0.2, -0.15) is 0 Å². The molecule has 2 heteroatoms. The summed E-state index contributed by atoms with van der Waals surface area (Å²) in [4.78, 5) is 12.9. The summed E-state index contributed by atoms with van der Waals surface area (Å²) in [5.41, 5.74) is 2.08. The van der Waals surface area contributed by atoms with Crippen molar-refractivity contribution in [2.75, 3.05) is 0 Å². The van der Waals surface area contributed by atoms with Gasteiger partial charge in [0.1, 0.15) is 0 Å². The quantitative estimate of drug-likeness (QED) is 0.386. The van der Waals surface area contributed by atoms with Crippen LogP contribution >= 0.6 is 0 Å². The molecule has 5 rings (SSSR count). The van der Waals surface area contributed by atoms with E-state index in [9.17, 15) is 4.79 Å². The van der Waals surface area contributed by atoms with Gasteiger partial charge in [0.25, 0.3) is 5.56 Å². The van der Waals surface area contributed by atoms with Gasteiger partial charge in [0.15, 0.2) is 0 Å². The van der Waals surface area contributed by atoms with Gasteiger partial charge in [-0.1, -0.05) is 54.6 Å². The maximum atomic E-state index is 12.9. The number of hydrogen-bond donors (Lipinski definition) is 0. The number of pyridine rings is 1. The number of fused-ring (bicyclic) bond motifs is 5. The van der Waals surface area contributed by atoms with Crippen molar-refractivity contribution in [1.82, 2.24) is 4.40 Å². The van der Waals surface area contributed by atoms with Crippen molar-refractivity contribution < 1.29 is 0 Å². The van der Waals surface area contributed by atoms with E-state index in [-0.39, 0.29) is 5.56 Å². The second kappa shape index (κ2) is 3.61. The summed E-state index contributed by atoms with van der Waals surface area (Å²) in [6.07, 6.45) is 0. The summed E-state index contributed by atoms with van der Waals surface area (Å²) in [7, 11) is 0. The molecule has 0 spiro atoms. The van der Waals surface area contributed by atoms with Gasteiger partial charge >= 0.3 is 0 Å². The highest BCUT2D eigenvalue weighted by atomic mass is 16.1. The average molecular weight is 269 g/mol. The van der Waals surface area contributed by atoms with Crippen molar-refractivity contribution in [2.24, 2.45) is 0 Å². The summed E-state index contributed by atoms with van der Waals surface area (Å²) in [5, 5.41) is 5.22. The van der Waals surface area contributed by atoms with Gasteiger partial charge in [-0.05, 0) is 17.5 Å². The molecule has 0 saturated carbocycles. The summed E-state index contributed by atoms with van der Waals surface area (Å²) < 4.78 is 1.86. The highest BCUT2D eigenvalue weighted by molar-refractivity contribution is 6.20. The Balaban J connectivity index is 2.33. The predicted molar refractivity (Wildman–Crippen MR) is 87.4 cm³/mol. The van der Waals surface area contributed by atoms with E-state index >= 15 is 0 Å². The number of rotatable bonds is 0. The van der Waals surface area contributed by atoms with E-state index in [2.05, 4.69) is 24.3 Å². The molecule has 0 bridgehead atoms. The maximum Gasteiger partial charge on any atom is 0.263 e. The highest BCUT2D eigenvalue weighted by Crippen LogP contribution is 2.33. The minimum absolute atomic E-state index is 0.0653. The molecule has 98 valence electrons. The lowest BCUT2D eigenvalue weighted by Gasteiger charge is -2.05. The fourth-order valence-electron chi connectivity index (χ4n) is 3.47. The van der Waals surface area contributed by atoms with Crippen LogP contribution in [0.4, 0.5) is 0 Å². The molecule has 2 heterocycles. The smallest absolute Gasteiger partial charge is 0.263 e. The second-order valence-electron chi connectivity index (χ2n) is 5.41. The minimum Gasteiger partial charge on any atom is -0.275 e. The van der Waals surface area contributed by atoms with Crippen LogP contribution in [0.3, 0.4) is 0 Å². The van der Waals surface area contributed by atoms with Crippen LogP contribution in [0.25, 0.3) is 38.0 Å². The summed E-state index contributed by atoms with van der Waals surface area (Å²) in [6, 6.07) is 22.2. The Morgan fingerprint density at radius 2 is 1.14 bits per heavy atom. The molecular weight excluding hydrogens is 258 g/mol. The van der Waals surface area contributed by atoms with Crippen molar-refractivity contribution in [1.29, 1.82) is 0 Å². The van der Waals surface area contributed by atoms with E-state index in [4.69, 9.17) is 0 Å². The molecular formula is C19H11NO. The molecule has 0 radical (unpaired) electrons. The monoisotopic (exact) mass is 269 g/mol. The normalized spacial score (nSPS) is 12.0. The van der Waals surface area contributed by atoms with Crippen LogP contribution < -0.4 is 5.56 Å². The number of hydrogen-bond acceptors (Lipinski definition) is 1. The third kappa shape index (κ3) is 1.20. The van der Waals surface area contributed by atoms with Crippen molar-refractivity contribution in [3.05, 3.63) is 77.1 Å². The van der Waals surface area contributed by atoms with Gasteiger partial charge in [0.2, 0.25) is 0 Å². The molecule has 0 amide bonds. The predicted octanol–water partition coefficient (Wildman–Crippen LogP) is 4.20. The van der Waals surface area contributed by atoms with Crippen LogP contribution in [0.2, 0.25) is 0 Å². The summed E-state index contributed by atoms with van der Waals surface area (Å²) >= 11 is 0. The van der Waals surface area contributed by atoms with E-state index in [0.717, 1.165) is 38.0 Å². The first-order valence-electron chi connectivity index (χ1n) is 7.02. The average Bonchev–Trinajstić information content (AvgIpc) is 2.89. The van der Waals surface area contributed by atoms with Gasteiger partial charge in [-0.3, -0.25) is 9.20 Å². The third-order valence-corrected chi connectivity index (χ3v) is 4.35. The van der Waals surface area contributed by atoms with Gasteiger partial charge in [0.05, 0.1) is 11.0 Å². The molecule has 2 nitrogen and oxygen atoms in total. The zero-order valence-electron chi connectivity index (χ0n) is 11.2. The van der Waals surface area contributed by atoms with E-state index in [0.29, 0.717) is 0 Å². The second-order valence-corrected chi connectivity index (χ2v) is 5.41. The molecule has 0 aliphatic carbocycles. The van der Waals surface area contributed by atoms with Crippen LogP contribution in [-0.2, 0) is 0 Å². The molecule has 0 aliphatic heterocycles. The van der Waals surface area contributed by atoms with Crippen molar-refractivity contribution in [3.63, 3.8) is 0 Å². The zero-order valence-corrected chi connectivity index (χ0v) is 11.2. The first kappa shape index (κ1) is 10.9. The number of benzene rings is 3. The zero-order chi connectivity index (χ0) is 14.0. The lowest BCUT2D eigenvalue weighted by Crippen LogP contribution is -2.12. The number of para-hydroxylation sites is 2. The third-order valence-electron chi connectivity index (χ3n) is 4.35. The van der Waals surface area contributed by atoms with Crippen molar-refractivity contribution in [2.45, 2.75) is 0 Å². The van der Waals surface area contributed by atoms with Crippen LogP contribution in [0.5, 0.6) is 0 Å². The molecule has 5 aromatic rings. The maximum absolute atomic E-state index is 12.9. The van der Waals surface area contributed by atoms with Crippen LogP contribution in [0.15, 0.2) is 71.5 Å². The fourth-order valence-corrected chi connectivity index (χ4v) is 3.47. The van der Waals surface area contributed by atoms with Gasteiger partial charge in [-0.15, -0.1) is 0 Å². The van der Waals surface area contributed by atoms with Crippen LogP contribution in [-0.4, -0.2) is 4.40 Å². The standard InChI is InChI=1S/C19H11NO/c21-19-16-8-2-1-6-12(16)14-9-5-10-15-13-7-3-4-11-17(13)20(19)18(14)15/h1-11H. The van der Waals surface area contributed by atoms with Crippen LogP contribution in [0, 0.1) is 0 Å². The Morgan fingerprint density at radius 1 is 0.571 bits per heavy atom.